The molecule has 1 unspecified atom stereocenters. The van der Waals surface area contributed by atoms with Crippen molar-refractivity contribution < 1.29 is 4.39 Å². The normalized spacial score (nSPS) is 15.2. The van der Waals surface area contributed by atoms with Gasteiger partial charge in [-0.25, -0.2) is 4.39 Å². The van der Waals surface area contributed by atoms with E-state index in [2.05, 4.69) is 52.6 Å². The summed E-state index contributed by atoms with van der Waals surface area (Å²) in [5, 5.41) is 0.951. The minimum absolute atomic E-state index is 0.200. The van der Waals surface area contributed by atoms with Crippen LogP contribution in [-0.2, 0) is 6.42 Å². The molecule has 0 aliphatic rings. The minimum Gasteiger partial charge on any atom is -0.206 e. The highest BCUT2D eigenvalue weighted by atomic mass is 79.9. The summed E-state index contributed by atoms with van der Waals surface area (Å²) in [6, 6.07) is 5.26. The van der Waals surface area contributed by atoms with Crippen LogP contribution in [0.5, 0.6) is 0 Å². The fraction of sp³-hybridized carbons (Fsp3) is 0.538. The molecule has 1 atom stereocenters. The third-order valence-electron chi connectivity index (χ3n) is 3.29. The van der Waals surface area contributed by atoms with Gasteiger partial charge in [0.2, 0.25) is 0 Å². The molecule has 0 nitrogen and oxygen atoms in total. The van der Waals surface area contributed by atoms with Crippen LogP contribution in [0.25, 0.3) is 0 Å². The van der Waals surface area contributed by atoms with Gasteiger partial charge in [-0.2, -0.15) is 0 Å². The number of rotatable bonds is 4. The first-order chi connectivity index (χ1) is 7.39. The van der Waals surface area contributed by atoms with E-state index in [1.54, 1.807) is 0 Å². The van der Waals surface area contributed by atoms with Crippen LogP contribution in [-0.4, -0.2) is 5.33 Å². The Morgan fingerprint density at radius 1 is 1.38 bits per heavy atom. The summed E-state index contributed by atoms with van der Waals surface area (Å²) in [6.07, 6.45) is 0.953. The molecule has 0 heterocycles. The number of benzene rings is 1. The first kappa shape index (κ1) is 14.2. The van der Waals surface area contributed by atoms with Crippen LogP contribution in [0.3, 0.4) is 0 Å². The van der Waals surface area contributed by atoms with Gasteiger partial charge in [0.1, 0.15) is 5.82 Å². The largest absolute Gasteiger partial charge is 0.206 e. The lowest BCUT2D eigenvalue weighted by molar-refractivity contribution is 0.258. The zero-order chi connectivity index (χ0) is 12.3. The van der Waals surface area contributed by atoms with Crippen molar-refractivity contribution in [2.75, 3.05) is 5.33 Å². The summed E-state index contributed by atoms with van der Waals surface area (Å²) < 4.78 is 13.7. The third-order valence-corrected chi connectivity index (χ3v) is 5.18. The Bertz CT molecular complexity index is 363. The second-order valence-corrected chi connectivity index (χ2v) is 6.28. The van der Waals surface area contributed by atoms with Crippen molar-refractivity contribution in [1.29, 1.82) is 0 Å². The second-order valence-electron chi connectivity index (χ2n) is 4.87. The van der Waals surface area contributed by atoms with E-state index in [0.29, 0.717) is 10.4 Å². The highest BCUT2D eigenvalue weighted by molar-refractivity contribution is 9.10. The van der Waals surface area contributed by atoms with E-state index < -0.39 is 0 Å². The van der Waals surface area contributed by atoms with Gasteiger partial charge in [-0.15, -0.1) is 0 Å². The molecule has 0 N–H and O–H groups in total. The maximum atomic E-state index is 13.1. The molecule has 0 spiro atoms. The Morgan fingerprint density at radius 3 is 2.44 bits per heavy atom. The standard InChI is InChI=1S/C13H17Br2F/c1-9(2)13(3,8-14)7-10-4-5-12(16)11(15)6-10/h4-6,9H,7-8H2,1-3H3. The summed E-state index contributed by atoms with van der Waals surface area (Å²) in [4.78, 5) is 0. The molecule has 1 aromatic rings. The Kier molecular flexibility index (Phi) is 4.99. The molecule has 1 aromatic carbocycles. The van der Waals surface area contributed by atoms with Crippen molar-refractivity contribution in [3.05, 3.63) is 34.1 Å². The molecule has 0 bridgehead atoms. The Morgan fingerprint density at radius 2 is 2.00 bits per heavy atom. The lowest BCUT2D eigenvalue weighted by Gasteiger charge is -2.32. The number of alkyl halides is 1. The fourth-order valence-corrected chi connectivity index (χ4v) is 2.79. The summed E-state index contributed by atoms with van der Waals surface area (Å²) in [6.45, 7) is 6.70. The molecule has 1 rings (SSSR count). The van der Waals surface area contributed by atoms with Crippen molar-refractivity contribution in [3.63, 3.8) is 0 Å². The molecule has 3 heteroatoms. The van der Waals surface area contributed by atoms with E-state index >= 15 is 0 Å². The SMILES string of the molecule is CC(C)C(C)(CBr)Cc1ccc(F)c(Br)c1. The summed E-state index contributed by atoms with van der Waals surface area (Å²) in [5.41, 5.74) is 1.38. The topological polar surface area (TPSA) is 0 Å². The van der Waals surface area contributed by atoms with Gasteiger partial charge >= 0.3 is 0 Å². The van der Waals surface area contributed by atoms with Crippen molar-refractivity contribution in [3.8, 4) is 0 Å². The fourth-order valence-electron chi connectivity index (χ4n) is 1.52. The summed E-state index contributed by atoms with van der Waals surface area (Å²) >= 11 is 6.80. The lowest BCUT2D eigenvalue weighted by Crippen LogP contribution is -2.28. The Hall–Kier alpha value is 0.110. The summed E-state index contributed by atoms with van der Waals surface area (Å²) in [5.74, 6) is 0.379. The van der Waals surface area contributed by atoms with E-state index in [-0.39, 0.29) is 11.2 Å². The average molecular weight is 352 g/mol. The van der Waals surface area contributed by atoms with E-state index in [1.165, 1.54) is 11.6 Å². The molecular formula is C13H17Br2F. The van der Waals surface area contributed by atoms with E-state index in [4.69, 9.17) is 0 Å². The van der Waals surface area contributed by atoms with E-state index in [9.17, 15) is 4.39 Å². The summed E-state index contributed by atoms with van der Waals surface area (Å²) in [7, 11) is 0. The zero-order valence-electron chi connectivity index (χ0n) is 9.86. The third kappa shape index (κ3) is 3.30. The van der Waals surface area contributed by atoms with Gasteiger partial charge in [-0.05, 0) is 51.4 Å². The highest BCUT2D eigenvalue weighted by Crippen LogP contribution is 2.34. The maximum absolute atomic E-state index is 13.1. The second kappa shape index (κ2) is 5.63. The van der Waals surface area contributed by atoms with Crippen LogP contribution in [0.4, 0.5) is 4.39 Å². The van der Waals surface area contributed by atoms with Crippen LogP contribution < -0.4 is 0 Å². The van der Waals surface area contributed by atoms with E-state index in [0.717, 1.165) is 11.8 Å². The molecule has 90 valence electrons. The van der Waals surface area contributed by atoms with Gasteiger partial charge in [-0.3, -0.25) is 0 Å². The van der Waals surface area contributed by atoms with Crippen molar-refractivity contribution in [2.45, 2.75) is 27.2 Å². The van der Waals surface area contributed by atoms with Crippen molar-refractivity contribution >= 4 is 31.9 Å². The Balaban J connectivity index is 2.90. The highest BCUT2D eigenvalue weighted by Gasteiger charge is 2.27. The molecule has 0 aromatic heterocycles. The van der Waals surface area contributed by atoms with Gasteiger partial charge in [-0.1, -0.05) is 42.8 Å². The number of halogens is 3. The first-order valence-corrected chi connectivity index (χ1v) is 7.30. The van der Waals surface area contributed by atoms with Crippen LogP contribution in [0, 0.1) is 17.2 Å². The van der Waals surface area contributed by atoms with Crippen LogP contribution in [0.1, 0.15) is 26.3 Å². The Labute approximate surface area is 114 Å². The molecular weight excluding hydrogens is 335 g/mol. The van der Waals surface area contributed by atoms with Gasteiger partial charge in [0.25, 0.3) is 0 Å². The van der Waals surface area contributed by atoms with Gasteiger partial charge in [0.15, 0.2) is 0 Å². The zero-order valence-corrected chi connectivity index (χ0v) is 13.0. The van der Waals surface area contributed by atoms with E-state index in [1.807, 2.05) is 12.1 Å². The number of hydrogen-bond donors (Lipinski definition) is 0. The van der Waals surface area contributed by atoms with Gasteiger partial charge < -0.3 is 0 Å². The molecule has 16 heavy (non-hydrogen) atoms. The lowest BCUT2D eigenvalue weighted by atomic mass is 9.76. The molecule has 0 saturated carbocycles. The van der Waals surface area contributed by atoms with Crippen LogP contribution in [0.15, 0.2) is 22.7 Å². The molecule has 0 radical (unpaired) electrons. The monoisotopic (exact) mass is 350 g/mol. The van der Waals surface area contributed by atoms with Crippen LogP contribution >= 0.6 is 31.9 Å². The first-order valence-electron chi connectivity index (χ1n) is 5.39. The molecule has 0 saturated heterocycles. The molecule has 0 aliphatic carbocycles. The maximum Gasteiger partial charge on any atom is 0.137 e. The molecule has 0 aliphatic heterocycles. The van der Waals surface area contributed by atoms with Gasteiger partial charge in [0, 0.05) is 5.33 Å². The average Bonchev–Trinajstić information content (AvgIpc) is 2.23. The molecule has 0 fully saturated rings. The van der Waals surface area contributed by atoms with Gasteiger partial charge in [0.05, 0.1) is 4.47 Å². The molecule has 0 amide bonds. The quantitative estimate of drug-likeness (QED) is 0.655. The smallest absolute Gasteiger partial charge is 0.137 e. The van der Waals surface area contributed by atoms with Crippen molar-refractivity contribution in [1.82, 2.24) is 0 Å². The predicted molar refractivity (Wildman–Crippen MR) is 74.5 cm³/mol. The predicted octanol–water partition coefficient (Wildman–Crippen LogP) is 5.19. The minimum atomic E-state index is -0.200. The van der Waals surface area contributed by atoms with Crippen molar-refractivity contribution in [2.24, 2.45) is 11.3 Å². The van der Waals surface area contributed by atoms with Crippen LogP contribution in [0.2, 0.25) is 0 Å². The number of hydrogen-bond acceptors (Lipinski definition) is 0.